The van der Waals surface area contributed by atoms with E-state index in [1.807, 2.05) is 36.4 Å². The molecule has 0 atom stereocenters. The Kier molecular flexibility index (Phi) is 2.45. The maximum atomic E-state index is 5.96. The molecular formula is C16H11N3O. The maximum Gasteiger partial charge on any atom is 0.144 e. The predicted molar refractivity (Wildman–Crippen MR) is 73.7 cm³/mol. The second kappa shape index (κ2) is 4.42. The van der Waals surface area contributed by atoms with Gasteiger partial charge < -0.3 is 4.74 Å². The van der Waals surface area contributed by atoms with Crippen LogP contribution < -0.4 is 4.74 Å². The lowest BCUT2D eigenvalue weighted by Gasteiger charge is -2.26. The molecule has 1 aliphatic heterocycles. The first-order valence-corrected chi connectivity index (χ1v) is 6.41. The van der Waals surface area contributed by atoms with Crippen LogP contribution >= 0.6 is 0 Å². The Labute approximate surface area is 116 Å². The van der Waals surface area contributed by atoms with E-state index in [2.05, 4.69) is 27.1 Å². The summed E-state index contributed by atoms with van der Waals surface area (Å²) in [5.74, 6) is 2.44. The maximum absolute atomic E-state index is 5.96. The van der Waals surface area contributed by atoms with Crippen molar-refractivity contribution in [2.24, 2.45) is 0 Å². The van der Waals surface area contributed by atoms with Gasteiger partial charge in [0.05, 0.1) is 5.92 Å². The predicted octanol–water partition coefficient (Wildman–Crippen LogP) is 3.16. The van der Waals surface area contributed by atoms with Gasteiger partial charge in [-0.15, -0.1) is 0 Å². The summed E-state index contributed by atoms with van der Waals surface area (Å²) in [5.41, 5.74) is 2.16. The summed E-state index contributed by atoms with van der Waals surface area (Å²) in [4.78, 5) is 12.5. The highest BCUT2D eigenvalue weighted by Crippen LogP contribution is 2.45. The van der Waals surface area contributed by atoms with E-state index in [0.29, 0.717) is 0 Å². The summed E-state index contributed by atoms with van der Waals surface area (Å²) in [6, 6.07) is 16.0. The average molecular weight is 261 g/mol. The first-order chi connectivity index (χ1) is 9.93. The molecule has 0 aliphatic carbocycles. The second-order valence-corrected chi connectivity index (χ2v) is 4.61. The Morgan fingerprint density at radius 3 is 1.90 bits per heavy atom. The topological polar surface area (TPSA) is 47.9 Å². The number of hydrogen-bond donors (Lipinski definition) is 0. The van der Waals surface area contributed by atoms with Gasteiger partial charge in [0.15, 0.2) is 0 Å². The molecule has 0 unspecified atom stereocenters. The van der Waals surface area contributed by atoms with Crippen molar-refractivity contribution in [2.75, 3.05) is 0 Å². The van der Waals surface area contributed by atoms with Crippen molar-refractivity contribution in [3.8, 4) is 11.5 Å². The van der Waals surface area contributed by atoms with Gasteiger partial charge in [0.1, 0.15) is 30.0 Å². The van der Waals surface area contributed by atoms with E-state index < -0.39 is 0 Å². The number of nitrogens with zero attached hydrogens (tertiary/aromatic N) is 3. The minimum Gasteiger partial charge on any atom is -0.457 e. The van der Waals surface area contributed by atoms with E-state index in [-0.39, 0.29) is 5.92 Å². The van der Waals surface area contributed by atoms with Crippen molar-refractivity contribution in [3.05, 3.63) is 78.1 Å². The molecule has 2 aromatic carbocycles. The van der Waals surface area contributed by atoms with E-state index >= 15 is 0 Å². The zero-order chi connectivity index (χ0) is 13.4. The Morgan fingerprint density at radius 2 is 1.30 bits per heavy atom. The molecule has 1 aliphatic rings. The van der Waals surface area contributed by atoms with Crippen molar-refractivity contribution < 1.29 is 4.74 Å². The number of fused-ring (bicyclic) bond motifs is 2. The summed E-state index contributed by atoms with van der Waals surface area (Å²) in [7, 11) is 0. The number of aromatic nitrogens is 3. The molecule has 0 spiro atoms. The quantitative estimate of drug-likeness (QED) is 0.528. The van der Waals surface area contributed by atoms with E-state index in [1.165, 1.54) is 12.7 Å². The smallest absolute Gasteiger partial charge is 0.144 e. The molecule has 0 N–H and O–H groups in total. The van der Waals surface area contributed by atoms with Crippen LogP contribution in [-0.2, 0) is 0 Å². The zero-order valence-corrected chi connectivity index (χ0v) is 10.6. The van der Waals surface area contributed by atoms with Gasteiger partial charge >= 0.3 is 0 Å². The molecule has 20 heavy (non-hydrogen) atoms. The number of hydrogen-bond acceptors (Lipinski definition) is 4. The highest BCUT2D eigenvalue weighted by Gasteiger charge is 2.29. The minimum atomic E-state index is -0.0147. The normalized spacial score (nSPS) is 13.2. The van der Waals surface area contributed by atoms with Gasteiger partial charge in [0.2, 0.25) is 0 Å². The van der Waals surface area contributed by atoms with Gasteiger partial charge in [0, 0.05) is 11.1 Å². The molecule has 0 amide bonds. The lowest BCUT2D eigenvalue weighted by Crippen LogP contribution is -2.14. The highest BCUT2D eigenvalue weighted by molar-refractivity contribution is 5.56. The van der Waals surface area contributed by atoms with Crippen molar-refractivity contribution in [1.29, 1.82) is 0 Å². The van der Waals surface area contributed by atoms with E-state index in [1.54, 1.807) is 0 Å². The van der Waals surface area contributed by atoms with Crippen LogP contribution in [0.1, 0.15) is 22.9 Å². The van der Waals surface area contributed by atoms with E-state index in [4.69, 9.17) is 4.74 Å². The minimum absolute atomic E-state index is 0.0147. The van der Waals surface area contributed by atoms with Crippen LogP contribution in [0.2, 0.25) is 0 Å². The average Bonchev–Trinajstić information content (AvgIpc) is 2.53. The molecular weight excluding hydrogens is 250 g/mol. The summed E-state index contributed by atoms with van der Waals surface area (Å²) < 4.78 is 5.96. The molecule has 3 aromatic rings. The van der Waals surface area contributed by atoms with Gasteiger partial charge in [-0.2, -0.15) is 0 Å². The molecule has 4 rings (SSSR count). The van der Waals surface area contributed by atoms with Crippen molar-refractivity contribution in [3.63, 3.8) is 0 Å². The molecule has 0 saturated heterocycles. The molecule has 0 fully saturated rings. The molecule has 0 saturated carbocycles. The molecule has 1 aromatic heterocycles. The summed E-state index contributed by atoms with van der Waals surface area (Å²) >= 11 is 0. The third-order valence-corrected chi connectivity index (χ3v) is 3.45. The zero-order valence-electron chi connectivity index (χ0n) is 10.6. The summed E-state index contributed by atoms with van der Waals surface area (Å²) in [5, 5.41) is 0. The van der Waals surface area contributed by atoms with Gasteiger partial charge in [0.25, 0.3) is 0 Å². The largest absolute Gasteiger partial charge is 0.457 e. The van der Waals surface area contributed by atoms with Crippen LogP contribution in [0, 0.1) is 0 Å². The van der Waals surface area contributed by atoms with Gasteiger partial charge in [-0.05, 0) is 12.1 Å². The fraction of sp³-hybridized carbons (Fsp3) is 0.0625. The van der Waals surface area contributed by atoms with Crippen molar-refractivity contribution in [1.82, 2.24) is 15.0 Å². The van der Waals surface area contributed by atoms with Crippen LogP contribution in [-0.4, -0.2) is 15.0 Å². The fourth-order valence-electron chi connectivity index (χ4n) is 2.59. The van der Waals surface area contributed by atoms with Crippen LogP contribution in [0.25, 0.3) is 0 Å². The molecule has 0 bridgehead atoms. The van der Waals surface area contributed by atoms with E-state index in [9.17, 15) is 0 Å². The lowest BCUT2D eigenvalue weighted by atomic mass is 9.87. The third-order valence-electron chi connectivity index (χ3n) is 3.45. The van der Waals surface area contributed by atoms with Crippen LogP contribution in [0.5, 0.6) is 11.5 Å². The monoisotopic (exact) mass is 261 g/mol. The summed E-state index contributed by atoms with van der Waals surface area (Å²) in [6.07, 6.45) is 3.06. The fourth-order valence-corrected chi connectivity index (χ4v) is 2.59. The Hall–Kier alpha value is -2.75. The Bertz CT molecular complexity index is 713. The first kappa shape index (κ1) is 11.1. The summed E-state index contributed by atoms with van der Waals surface area (Å²) in [6.45, 7) is 0. The standard InChI is InChI=1S/C16H11N3O/c1-3-7-13-11(5-1)15(16-18-9-17-10-19-16)12-6-2-4-8-14(12)20-13/h1-10,15H. The lowest BCUT2D eigenvalue weighted by molar-refractivity contribution is 0.450. The second-order valence-electron chi connectivity index (χ2n) is 4.61. The SMILES string of the molecule is c1ccc2c(c1)Oc1ccccc1C2c1ncncn1. The molecule has 0 radical (unpaired) electrons. The molecule has 4 heteroatoms. The Balaban J connectivity index is 1.98. The number of para-hydroxylation sites is 2. The van der Waals surface area contributed by atoms with E-state index in [0.717, 1.165) is 28.5 Å². The number of rotatable bonds is 1. The van der Waals surface area contributed by atoms with Crippen molar-refractivity contribution >= 4 is 0 Å². The highest BCUT2D eigenvalue weighted by atomic mass is 16.5. The third kappa shape index (κ3) is 1.66. The van der Waals surface area contributed by atoms with Crippen LogP contribution in [0.3, 0.4) is 0 Å². The Morgan fingerprint density at radius 1 is 0.750 bits per heavy atom. The van der Waals surface area contributed by atoms with Gasteiger partial charge in [-0.1, -0.05) is 36.4 Å². The molecule has 4 nitrogen and oxygen atoms in total. The molecule has 2 heterocycles. The van der Waals surface area contributed by atoms with Gasteiger partial charge in [-0.3, -0.25) is 0 Å². The van der Waals surface area contributed by atoms with Crippen LogP contribution in [0.4, 0.5) is 0 Å². The number of ether oxygens (including phenoxy) is 1. The van der Waals surface area contributed by atoms with Crippen molar-refractivity contribution in [2.45, 2.75) is 5.92 Å². The number of benzene rings is 2. The molecule has 96 valence electrons. The van der Waals surface area contributed by atoms with Crippen LogP contribution in [0.15, 0.2) is 61.2 Å². The van der Waals surface area contributed by atoms with Gasteiger partial charge in [-0.25, -0.2) is 15.0 Å². The first-order valence-electron chi connectivity index (χ1n) is 6.41.